The van der Waals surface area contributed by atoms with Crippen LogP contribution in [0.1, 0.15) is 54.7 Å². The minimum absolute atomic E-state index is 0.0952. The van der Waals surface area contributed by atoms with Crippen LogP contribution < -0.4 is 20.3 Å². The molecule has 1 amide bonds. The van der Waals surface area contributed by atoms with Gasteiger partial charge in [0, 0.05) is 41.9 Å². The van der Waals surface area contributed by atoms with Crippen LogP contribution in [0.2, 0.25) is 0 Å². The van der Waals surface area contributed by atoms with Gasteiger partial charge in [-0.15, -0.1) is 0 Å². The van der Waals surface area contributed by atoms with Crippen LogP contribution >= 0.6 is 0 Å². The fourth-order valence-corrected chi connectivity index (χ4v) is 5.19. The number of aromatic nitrogens is 2. The van der Waals surface area contributed by atoms with E-state index < -0.39 is 23.8 Å². The lowest BCUT2D eigenvalue weighted by atomic mass is 10.0. The number of nitrogens with zero attached hydrogens (tertiary/aromatic N) is 3. The van der Waals surface area contributed by atoms with Gasteiger partial charge in [-0.3, -0.25) is 4.79 Å². The molecule has 7 nitrogen and oxygen atoms in total. The first-order chi connectivity index (χ1) is 17.8. The highest BCUT2D eigenvalue weighted by Crippen LogP contribution is 2.44. The van der Waals surface area contributed by atoms with Crippen molar-refractivity contribution in [2.24, 2.45) is 5.92 Å². The first kappa shape index (κ1) is 23.8. The molecule has 1 saturated heterocycles. The molecule has 2 aliphatic heterocycles. The first-order valence-electron chi connectivity index (χ1n) is 12.7. The van der Waals surface area contributed by atoms with Gasteiger partial charge in [-0.05, 0) is 32.8 Å². The van der Waals surface area contributed by atoms with Gasteiger partial charge < -0.3 is 20.3 Å². The molecule has 0 radical (unpaired) electrons. The van der Waals surface area contributed by atoms with Crippen LogP contribution in [0.15, 0.2) is 24.3 Å². The largest absolute Gasteiger partial charge is 0.491 e. The van der Waals surface area contributed by atoms with E-state index in [0.29, 0.717) is 37.8 Å². The Morgan fingerprint density at radius 2 is 1.95 bits per heavy atom. The minimum Gasteiger partial charge on any atom is -0.491 e. The zero-order valence-electron chi connectivity index (χ0n) is 20.7. The second-order valence-corrected chi connectivity index (χ2v) is 10.1. The molecule has 0 bridgehead atoms. The minimum atomic E-state index is -2.89. The number of nitrogens with one attached hydrogen (secondary N) is 2. The molecule has 1 saturated carbocycles. The molecule has 6 rings (SSSR count). The van der Waals surface area contributed by atoms with E-state index in [0.717, 1.165) is 46.8 Å². The highest BCUT2D eigenvalue weighted by Gasteiger charge is 2.37. The molecule has 3 heterocycles. The number of ether oxygens (including phenoxy) is 1. The maximum absolute atomic E-state index is 14.8. The van der Waals surface area contributed by atoms with Crippen LogP contribution in [0.25, 0.3) is 10.9 Å². The molecule has 1 atom stereocenters. The molecule has 1 aliphatic carbocycles. The van der Waals surface area contributed by atoms with Crippen LogP contribution in [0.3, 0.4) is 0 Å². The molecular formula is C27H28F3N5O2. The Balaban J connectivity index is 1.33. The van der Waals surface area contributed by atoms with Crippen molar-refractivity contribution < 1.29 is 22.7 Å². The smallest absolute Gasteiger partial charge is 0.266 e. The van der Waals surface area contributed by atoms with Crippen LogP contribution in [-0.4, -0.2) is 41.6 Å². The number of halogens is 3. The number of rotatable bonds is 7. The molecule has 10 heteroatoms. The standard InChI is InChI=1S/C27H28F3N5O2/c1-13(17-4-3-5-18(22(17)28)25(29)30)31-26-20-10-21(35-11-16(12-35)34-27(36)15-6-7-15)24-19(8-9-37-24)23(20)32-14(2)33-26/h3-5,10,13,15-16,25H,6-9,11-12H2,1-2H3,(H,34,36)(H,31,32,33)/t13-/m1/s1. The maximum Gasteiger partial charge on any atom is 0.266 e. The summed E-state index contributed by atoms with van der Waals surface area (Å²) in [7, 11) is 0. The van der Waals surface area contributed by atoms with E-state index >= 15 is 0 Å². The Kier molecular flexibility index (Phi) is 5.84. The number of aryl methyl sites for hydroxylation is 1. The van der Waals surface area contributed by atoms with Crippen molar-refractivity contribution in [2.75, 3.05) is 29.9 Å². The highest BCUT2D eigenvalue weighted by molar-refractivity contribution is 5.97. The molecule has 194 valence electrons. The van der Waals surface area contributed by atoms with Crippen molar-refractivity contribution in [3.05, 3.63) is 52.6 Å². The number of anilines is 2. The number of hydrogen-bond acceptors (Lipinski definition) is 6. The number of alkyl halides is 2. The summed E-state index contributed by atoms with van der Waals surface area (Å²) in [6, 6.07) is 5.49. The fraction of sp³-hybridized carbons (Fsp3) is 0.444. The van der Waals surface area contributed by atoms with E-state index in [-0.39, 0.29) is 23.4 Å². The Hall–Kier alpha value is -3.56. The van der Waals surface area contributed by atoms with Crippen molar-refractivity contribution in [3.8, 4) is 5.75 Å². The zero-order valence-corrected chi connectivity index (χ0v) is 20.7. The monoisotopic (exact) mass is 511 g/mol. The van der Waals surface area contributed by atoms with Gasteiger partial charge in [-0.2, -0.15) is 0 Å². The molecule has 2 aromatic carbocycles. The fourth-order valence-electron chi connectivity index (χ4n) is 5.19. The van der Waals surface area contributed by atoms with E-state index in [2.05, 4.69) is 25.5 Å². The summed E-state index contributed by atoms with van der Waals surface area (Å²) in [6.45, 7) is 5.41. The number of benzene rings is 2. The summed E-state index contributed by atoms with van der Waals surface area (Å²) in [6.07, 6.45) is -0.253. The number of carbonyl (C=O) groups excluding carboxylic acids is 1. The van der Waals surface area contributed by atoms with Gasteiger partial charge in [-0.1, -0.05) is 18.2 Å². The molecule has 1 aromatic heterocycles. The number of fused-ring (bicyclic) bond motifs is 3. The van der Waals surface area contributed by atoms with Gasteiger partial charge in [0.2, 0.25) is 5.91 Å². The van der Waals surface area contributed by atoms with Gasteiger partial charge in [0.05, 0.1) is 35.5 Å². The summed E-state index contributed by atoms with van der Waals surface area (Å²) in [5.74, 6) is 1.24. The first-order valence-corrected chi connectivity index (χ1v) is 12.7. The van der Waals surface area contributed by atoms with Crippen molar-refractivity contribution in [2.45, 2.75) is 51.6 Å². The molecular weight excluding hydrogens is 483 g/mol. The van der Waals surface area contributed by atoms with Gasteiger partial charge in [-0.25, -0.2) is 23.1 Å². The van der Waals surface area contributed by atoms with Gasteiger partial charge in [0.15, 0.2) is 0 Å². The average Bonchev–Trinajstić information content (AvgIpc) is 3.57. The molecule has 0 unspecified atom stereocenters. The van der Waals surface area contributed by atoms with Gasteiger partial charge in [0.25, 0.3) is 6.43 Å². The second-order valence-electron chi connectivity index (χ2n) is 10.1. The number of hydrogen-bond donors (Lipinski definition) is 2. The molecule has 3 aliphatic rings. The normalized spacial score (nSPS) is 17.9. The van der Waals surface area contributed by atoms with E-state index in [1.54, 1.807) is 13.8 Å². The van der Waals surface area contributed by atoms with Crippen LogP contribution in [-0.2, 0) is 11.2 Å². The zero-order chi connectivity index (χ0) is 25.8. The molecule has 2 fully saturated rings. The molecule has 0 spiro atoms. The Labute approximate surface area is 212 Å². The van der Waals surface area contributed by atoms with Crippen molar-refractivity contribution in [1.29, 1.82) is 0 Å². The second kappa shape index (κ2) is 9.08. The number of carbonyl (C=O) groups is 1. The quantitative estimate of drug-likeness (QED) is 0.473. The summed E-state index contributed by atoms with van der Waals surface area (Å²) in [5, 5.41) is 7.12. The Bertz CT molecular complexity index is 1390. The Morgan fingerprint density at radius 1 is 1.19 bits per heavy atom. The summed E-state index contributed by atoms with van der Waals surface area (Å²) < 4.78 is 47.4. The van der Waals surface area contributed by atoms with E-state index in [4.69, 9.17) is 4.74 Å². The Morgan fingerprint density at radius 3 is 2.68 bits per heavy atom. The SMILES string of the molecule is Cc1nc(N[C@H](C)c2cccc(C(F)F)c2F)c2cc(N3CC(NC(=O)C4CC4)C3)c3c(c2n1)CCO3. The van der Waals surface area contributed by atoms with Gasteiger partial charge in [0.1, 0.15) is 23.2 Å². The predicted molar refractivity (Wildman–Crippen MR) is 134 cm³/mol. The van der Waals surface area contributed by atoms with Gasteiger partial charge >= 0.3 is 0 Å². The summed E-state index contributed by atoms with van der Waals surface area (Å²) in [4.78, 5) is 23.6. The summed E-state index contributed by atoms with van der Waals surface area (Å²) >= 11 is 0. The lowest BCUT2D eigenvalue weighted by molar-refractivity contribution is -0.123. The average molecular weight is 512 g/mol. The van der Waals surface area contributed by atoms with Crippen molar-refractivity contribution in [1.82, 2.24) is 15.3 Å². The van der Waals surface area contributed by atoms with E-state index in [1.807, 2.05) is 6.07 Å². The molecule has 2 N–H and O–H groups in total. The van der Waals surface area contributed by atoms with E-state index in [1.165, 1.54) is 12.1 Å². The van der Waals surface area contributed by atoms with Crippen molar-refractivity contribution >= 4 is 28.3 Å². The van der Waals surface area contributed by atoms with Crippen LogP contribution in [0.5, 0.6) is 5.75 Å². The van der Waals surface area contributed by atoms with Crippen LogP contribution in [0.4, 0.5) is 24.7 Å². The predicted octanol–water partition coefficient (Wildman–Crippen LogP) is 4.84. The maximum atomic E-state index is 14.8. The topological polar surface area (TPSA) is 79.4 Å². The summed E-state index contributed by atoms with van der Waals surface area (Å²) in [5.41, 5.74) is 2.19. The third kappa shape index (κ3) is 4.32. The number of amides is 1. The lowest BCUT2D eigenvalue weighted by Gasteiger charge is -2.42. The molecule has 37 heavy (non-hydrogen) atoms. The lowest BCUT2D eigenvalue weighted by Crippen LogP contribution is -2.59. The highest BCUT2D eigenvalue weighted by atomic mass is 19.3. The van der Waals surface area contributed by atoms with E-state index in [9.17, 15) is 18.0 Å². The van der Waals surface area contributed by atoms with Crippen molar-refractivity contribution in [3.63, 3.8) is 0 Å². The third-order valence-electron chi connectivity index (χ3n) is 7.36. The van der Waals surface area contributed by atoms with Crippen LogP contribution in [0, 0.1) is 18.7 Å². The third-order valence-corrected chi connectivity index (χ3v) is 7.36. The molecule has 3 aromatic rings.